The van der Waals surface area contributed by atoms with Crippen LogP contribution in [0.1, 0.15) is 24.0 Å². The normalized spacial score (nSPS) is 15.5. The molecule has 4 rings (SSSR count). The van der Waals surface area contributed by atoms with E-state index in [1.165, 1.54) is 17.3 Å². The summed E-state index contributed by atoms with van der Waals surface area (Å²) in [6.45, 7) is 4.02. The second-order valence-corrected chi connectivity index (χ2v) is 9.94. The standard InChI is InChI=1S/C26H33N5O2S/c1-19-7-5-8-21(15-19)25-27-28-26(30(25)4)34-18-24(32)31(17-23-9-6-14-33-23)16-20-10-12-22(13-11-20)29(2)3/h5,7-8,10-13,15,23H,6,9,14,16-18H2,1-4H3. The third-order valence-electron chi connectivity index (χ3n) is 6.06. The highest BCUT2D eigenvalue weighted by molar-refractivity contribution is 7.99. The van der Waals surface area contributed by atoms with E-state index in [2.05, 4.69) is 58.4 Å². The Morgan fingerprint density at radius 1 is 1.18 bits per heavy atom. The van der Waals surface area contributed by atoms with Crippen LogP contribution in [0.5, 0.6) is 0 Å². The van der Waals surface area contributed by atoms with E-state index in [4.69, 9.17) is 4.74 Å². The Kier molecular flexibility index (Phi) is 7.90. The molecule has 1 atom stereocenters. The van der Waals surface area contributed by atoms with Gasteiger partial charge in [0.05, 0.1) is 11.9 Å². The first-order chi connectivity index (χ1) is 16.4. The number of thioether (sulfide) groups is 1. The molecule has 1 aliphatic rings. The number of amides is 1. The van der Waals surface area contributed by atoms with Crippen LogP contribution >= 0.6 is 11.8 Å². The number of anilines is 1. The van der Waals surface area contributed by atoms with Crippen LogP contribution in [0.3, 0.4) is 0 Å². The van der Waals surface area contributed by atoms with Crippen LogP contribution in [0.15, 0.2) is 53.7 Å². The number of aryl methyl sites for hydroxylation is 1. The summed E-state index contributed by atoms with van der Waals surface area (Å²) in [5.41, 5.74) is 4.45. The highest BCUT2D eigenvalue weighted by atomic mass is 32.2. The first-order valence-electron chi connectivity index (χ1n) is 11.7. The summed E-state index contributed by atoms with van der Waals surface area (Å²) in [6.07, 6.45) is 2.16. The van der Waals surface area contributed by atoms with E-state index in [1.54, 1.807) is 0 Å². The lowest BCUT2D eigenvalue weighted by atomic mass is 10.1. The molecule has 2 aromatic carbocycles. The Morgan fingerprint density at radius 2 is 1.97 bits per heavy atom. The maximum absolute atomic E-state index is 13.3. The van der Waals surface area contributed by atoms with Gasteiger partial charge in [0, 0.05) is 52.1 Å². The highest BCUT2D eigenvalue weighted by Crippen LogP contribution is 2.24. The van der Waals surface area contributed by atoms with E-state index in [0.717, 1.165) is 47.2 Å². The molecule has 1 aromatic heterocycles. The number of hydrogen-bond donors (Lipinski definition) is 0. The topological polar surface area (TPSA) is 63.5 Å². The quantitative estimate of drug-likeness (QED) is 0.430. The molecule has 1 unspecified atom stereocenters. The molecule has 2 heterocycles. The lowest BCUT2D eigenvalue weighted by Gasteiger charge is -2.26. The average Bonchev–Trinajstić information content (AvgIpc) is 3.47. The summed E-state index contributed by atoms with van der Waals surface area (Å²) in [7, 11) is 5.99. The molecule has 7 nitrogen and oxygen atoms in total. The summed E-state index contributed by atoms with van der Waals surface area (Å²) < 4.78 is 7.79. The van der Waals surface area contributed by atoms with Crippen LogP contribution in [-0.2, 0) is 23.1 Å². The molecular formula is C26H33N5O2S. The average molecular weight is 480 g/mol. The first-order valence-corrected chi connectivity index (χ1v) is 12.6. The molecule has 1 saturated heterocycles. The Labute approximate surface area is 206 Å². The van der Waals surface area contributed by atoms with Crippen LogP contribution in [0.2, 0.25) is 0 Å². The number of rotatable bonds is 9. The van der Waals surface area contributed by atoms with Gasteiger partial charge in [0.1, 0.15) is 0 Å². The molecule has 34 heavy (non-hydrogen) atoms. The van der Waals surface area contributed by atoms with Gasteiger partial charge in [-0.1, -0.05) is 47.7 Å². The Balaban J connectivity index is 1.44. The van der Waals surface area contributed by atoms with Gasteiger partial charge < -0.3 is 19.1 Å². The molecule has 1 fully saturated rings. The van der Waals surface area contributed by atoms with E-state index < -0.39 is 0 Å². The summed E-state index contributed by atoms with van der Waals surface area (Å²) in [6, 6.07) is 16.6. The van der Waals surface area contributed by atoms with Crippen molar-refractivity contribution in [1.82, 2.24) is 19.7 Å². The van der Waals surface area contributed by atoms with Crippen LogP contribution in [-0.4, -0.2) is 64.7 Å². The van der Waals surface area contributed by atoms with Gasteiger partial charge in [-0.25, -0.2) is 0 Å². The first kappa shape index (κ1) is 24.3. The molecule has 0 aliphatic carbocycles. The zero-order chi connectivity index (χ0) is 24.1. The predicted octanol–water partition coefficient (Wildman–Crippen LogP) is 4.16. The molecule has 0 spiro atoms. The third-order valence-corrected chi connectivity index (χ3v) is 7.07. The molecule has 1 amide bonds. The van der Waals surface area contributed by atoms with Crippen LogP contribution in [0, 0.1) is 6.92 Å². The van der Waals surface area contributed by atoms with Crippen molar-refractivity contribution in [3.8, 4) is 11.4 Å². The molecule has 0 bridgehead atoms. The van der Waals surface area contributed by atoms with Crippen molar-refractivity contribution in [1.29, 1.82) is 0 Å². The number of nitrogens with zero attached hydrogens (tertiary/aromatic N) is 5. The Bertz CT molecular complexity index is 1110. The van der Waals surface area contributed by atoms with Crippen LogP contribution < -0.4 is 4.90 Å². The number of benzene rings is 2. The minimum Gasteiger partial charge on any atom is -0.378 e. The monoisotopic (exact) mass is 479 g/mol. The second kappa shape index (κ2) is 11.1. The van der Waals surface area contributed by atoms with Crippen molar-refractivity contribution in [3.05, 3.63) is 59.7 Å². The number of carbonyl (C=O) groups is 1. The summed E-state index contributed by atoms with van der Waals surface area (Å²) >= 11 is 1.43. The molecule has 3 aromatic rings. The minimum atomic E-state index is 0.0808. The van der Waals surface area contributed by atoms with Gasteiger partial charge in [-0.3, -0.25) is 4.79 Å². The number of carbonyl (C=O) groups excluding carboxylic acids is 1. The zero-order valence-corrected chi connectivity index (χ0v) is 21.2. The molecule has 8 heteroatoms. The van der Waals surface area contributed by atoms with Crippen molar-refractivity contribution >= 4 is 23.4 Å². The van der Waals surface area contributed by atoms with Crippen LogP contribution in [0.25, 0.3) is 11.4 Å². The van der Waals surface area contributed by atoms with E-state index in [1.807, 2.05) is 42.7 Å². The van der Waals surface area contributed by atoms with E-state index in [-0.39, 0.29) is 12.0 Å². The second-order valence-electron chi connectivity index (χ2n) is 8.99. The van der Waals surface area contributed by atoms with E-state index in [0.29, 0.717) is 18.8 Å². The SMILES string of the molecule is Cc1cccc(-c2nnc(SCC(=O)N(Cc3ccc(N(C)C)cc3)CC3CCCO3)n2C)c1. The third kappa shape index (κ3) is 5.98. The smallest absolute Gasteiger partial charge is 0.233 e. The Hall–Kier alpha value is -2.84. The molecule has 180 valence electrons. The maximum Gasteiger partial charge on any atom is 0.233 e. The van der Waals surface area contributed by atoms with Gasteiger partial charge >= 0.3 is 0 Å². The van der Waals surface area contributed by atoms with Crippen LogP contribution in [0.4, 0.5) is 5.69 Å². The molecule has 1 aliphatic heterocycles. The predicted molar refractivity (Wildman–Crippen MR) is 137 cm³/mol. The highest BCUT2D eigenvalue weighted by Gasteiger charge is 2.24. The summed E-state index contributed by atoms with van der Waals surface area (Å²) in [5.74, 6) is 1.19. The molecule has 0 N–H and O–H groups in total. The largest absolute Gasteiger partial charge is 0.378 e. The van der Waals surface area contributed by atoms with E-state index in [9.17, 15) is 4.79 Å². The Morgan fingerprint density at radius 3 is 2.65 bits per heavy atom. The van der Waals surface area contributed by atoms with Crippen molar-refractivity contribution < 1.29 is 9.53 Å². The van der Waals surface area contributed by atoms with Gasteiger partial charge in [-0.15, -0.1) is 10.2 Å². The lowest BCUT2D eigenvalue weighted by Crippen LogP contribution is -2.38. The zero-order valence-electron chi connectivity index (χ0n) is 20.4. The molecular weight excluding hydrogens is 446 g/mol. The van der Waals surface area contributed by atoms with Gasteiger partial charge in [0.25, 0.3) is 0 Å². The lowest BCUT2D eigenvalue weighted by molar-refractivity contribution is -0.130. The number of hydrogen-bond acceptors (Lipinski definition) is 6. The fourth-order valence-corrected chi connectivity index (χ4v) is 4.92. The fraction of sp³-hybridized carbons (Fsp3) is 0.423. The van der Waals surface area contributed by atoms with Crippen molar-refractivity contribution in [3.63, 3.8) is 0 Å². The fourth-order valence-electron chi connectivity index (χ4n) is 4.10. The van der Waals surface area contributed by atoms with Crippen molar-refractivity contribution in [2.24, 2.45) is 7.05 Å². The van der Waals surface area contributed by atoms with Gasteiger partial charge in [-0.2, -0.15) is 0 Å². The van der Waals surface area contributed by atoms with Crippen molar-refractivity contribution in [2.75, 3.05) is 37.9 Å². The minimum absolute atomic E-state index is 0.0808. The van der Waals surface area contributed by atoms with Gasteiger partial charge in [0.2, 0.25) is 5.91 Å². The number of ether oxygens (including phenoxy) is 1. The molecule has 0 saturated carbocycles. The molecule has 0 radical (unpaired) electrons. The summed E-state index contributed by atoms with van der Waals surface area (Å²) in [4.78, 5) is 17.3. The maximum atomic E-state index is 13.3. The number of aromatic nitrogens is 3. The summed E-state index contributed by atoms with van der Waals surface area (Å²) in [5, 5.41) is 9.44. The van der Waals surface area contributed by atoms with Crippen molar-refractivity contribution in [2.45, 2.75) is 37.6 Å². The van der Waals surface area contributed by atoms with E-state index >= 15 is 0 Å². The van der Waals surface area contributed by atoms with Gasteiger partial charge in [0.15, 0.2) is 11.0 Å². The van der Waals surface area contributed by atoms with Gasteiger partial charge in [-0.05, 0) is 43.5 Å².